The molecule has 0 aromatic heterocycles. The summed E-state index contributed by atoms with van der Waals surface area (Å²) in [5.74, 6) is -1.03. The van der Waals surface area contributed by atoms with Crippen LogP contribution in [0.4, 0.5) is 0 Å². The van der Waals surface area contributed by atoms with Gasteiger partial charge in [0.25, 0.3) is 0 Å². The Bertz CT molecular complexity index is 366. The van der Waals surface area contributed by atoms with Crippen LogP contribution in [0.3, 0.4) is 0 Å². The number of rotatable bonds is 6. The van der Waals surface area contributed by atoms with Crippen molar-refractivity contribution in [2.24, 2.45) is 0 Å². The van der Waals surface area contributed by atoms with Gasteiger partial charge in [-0.1, -0.05) is 20.3 Å². The first kappa shape index (κ1) is 14.4. The lowest BCUT2D eigenvalue weighted by Crippen LogP contribution is -2.44. The third-order valence-corrected chi connectivity index (χ3v) is 5.81. The van der Waals surface area contributed by atoms with Crippen molar-refractivity contribution in [3.8, 4) is 0 Å². The van der Waals surface area contributed by atoms with Gasteiger partial charge in [0, 0.05) is 6.54 Å². The van der Waals surface area contributed by atoms with Gasteiger partial charge in [-0.05, 0) is 25.7 Å². The average Bonchev–Trinajstić information content (AvgIpc) is 2.74. The molecule has 2 atom stereocenters. The molecule has 1 N–H and O–H groups in total. The number of carboxylic acid groups (broad SMARTS) is 1. The molecule has 1 rings (SSSR count). The molecule has 0 bridgehead atoms. The summed E-state index contributed by atoms with van der Waals surface area (Å²) in [6.07, 6.45) is 3.00. The summed E-state index contributed by atoms with van der Waals surface area (Å²) >= 11 is 0. The molecule has 1 heterocycles. The highest BCUT2D eigenvalue weighted by atomic mass is 32.2. The van der Waals surface area contributed by atoms with E-state index in [0.29, 0.717) is 32.2 Å². The van der Waals surface area contributed by atoms with E-state index < -0.39 is 27.3 Å². The molecule has 0 saturated carbocycles. The van der Waals surface area contributed by atoms with E-state index in [1.165, 1.54) is 4.31 Å². The molecule has 1 aliphatic heterocycles. The van der Waals surface area contributed by atoms with Crippen molar-refractivity contribution in [3.63, 3.8) is 0 Å². The second-order valence-electron chi connectivity index (χ2n) is 4.47. The third kappa shape index (κ3) is 2.98. The minimum Gasteiger partial charge on any atom is -0.480 e. The molecule has 0 radical (unpaired) electrons. The van der Waals surface area contributed by atoms with Crippen molar-refractivity contribution in [2.45, 2.75) is 57.2 Å². The summed E-state index contributed by atoms with van der Waals surface area (Å²) < 4.78 is 25.9. The first-order valence-electron chi connectivity index (χ1n) is 6.18. The number of carbonyl (C=O) groups is 1. The summed E-state index contributed by atoms with van der Waals surface area (Å²) in [5.41, 5.74) is 0. The second kappa shape index (κ2) is 5.82. The summed E-state index contributed by atoms with van der Waals surface area (Å²) in [6.45, 7) is 4.13. The Morgan fingerprint density at radius 2 is 2.12 bits per heavy atom. The van der Waals surface area contributed by atoms with Crippen LogP contribution in [0, 0.1) is 0 Å². The van der Waals surface area contributed by atoms with Crippen molar-refractivity contribution in [3.05, 3.63) is 0 Å². The number of carboxylic acids is 1. The van der Waals surface area contributed by atoms with Gasteiger partial charge in [0.05, 0.1) is 5.25 Å². The van der Waals surface area contributed by atoms with Crippen LogP contribution in [0.5, 0.6) is 0 Å². The minimum atomic E-state index is -3.45. The van der Waals surface area contributed by atoms with Crippen LogP contribution >= 0.6 is 0 Å². The number of aliphatic carboxylic acids is 1. The van der Waals surface area contributed by atoms with Crippen LogP contribution in [0.1, 0.15) is 46.0 Å². The predicted octanol–water partition coefficient (Wildman–Crippen LogP) is 1.44. The Hall–Kier alpha value is -0.620. The Morgan fingerprint density at radius 3 is 2.59 bits per heavy atom. The first-order chi connectivity index (χ1) is 7.95. The number of hydrogen-bond donors (Lipinski definition) is 1. The first-order valence-corrected chi connectivity index (χ1v) is 7.68. The molecule has 1 aliphatic rings. The predicted molar refractivity (Wildman–Crippen MR) is 65.3 cm³/mol. The zero-order valence-electron chi connectivity index (χ0n) is 10.4. The molecule has 0 spiro atoms. The minimum absolute atomic E-state index is 0.347. The van der Waals surface area contributed by atoms with E-state index in [-0.39, 0.29) is 0 Å². The van der Waals surface area contributed by atoms with E-state index >= 15 is 0 Å². The fraction of sp³-hybridized carbons (Fsp3) is 0.909. The van der Waals surface area contributed by atoms with Crippen LogP contribution in [0.2, 0.25) is 0 Å². The van der Waals surface area contributed by atoms with Crippen LogP contribution in [0.25, 0.3) is 0 Å². The zero-order chi connectivity index (χ0) is 13.1. The number of sulfonamides is 1. The SMILES string of the molecule is CCCC(CC)S(=O)(=O)N1CCC[C@H]1C(=O)O. The molecule has 5 nitrogen and oxygen atoms in total. The largest absolute Gasteiger partial charge is 0.480 e. The van der Waals surface area contributed by atoms with Gasteiger partial charge in [-0.3, -0.25) is 4.79 Å². The van der Waals surface area contributed by atoms with E-state index in [1.54, 1.807) is 0 Å². The van der Waals surface area contributed by atoms with Crippen LogP contribution in [-0.4, -0.2) is 41.6 Å². The van der Waals surface area contributed by atoms with Crippen molar-refractivity contribution in [1.29, 1.82) is 0 Å². The van der Waals surface area contributed by atoms with E-state index in [9.17, 15) is 13.2 Å². The average molecular weight is 263 g/mol. The molecule has 6 heteroatoms. The second-order valence-corrected chi connectivity index (χ2v) is 6.64. The maximum Gasteiger partial charge on any atom is 0.322 e. The zero-order valence-corrected chi connectivity index (χ0v) is 11.2. The van der Waals surface area contributed by atoms with Gasteiger partial charge in [0.2, 0.25) is 10.0 Å². The summed E-state index contributed by atoms with van der Waals surface area (Å²) in [7, 11) is -3.45. The fourth-order valence-electron chi connectivity index (χ4n) is 2.37. The topological polar surface area (TPSA) is 74.7 Å². The fourth-order valence-corrected chi connectivity index (χ4v) is 4.64. The Balaban J connectivity index is 2.92. The molecule has 100 valence electrons. The molecule has 0 aliphatic carbocycles. The molecule has 1 fully saturated rings. The Kier molecular flexibility index (Phi) is 4.94. The molecule has 1 saturated heterocycles. The number of nitrogens with zero attached hydrogens (tertiary/aromatic N) is 1. The number of hydrogen-bond acceptors (Lipinski definition) is 3. The summed E-state index contributed by atoms with van der Waals surface area (Å²) in [5, 5.41) is 8.59. The van der Waals surface area contributed by atoms with Crippen molar-refractivity contribution in [2.75, 3.05) is 6.54 Å². The Labute approximate surface area is 103 Å². The van der Waals surface area contributed by atoms with Crippen molar-refractivity contribution >= 4 is 16.0 Å². The van der Waals surface area contributed by atoms with E-state index in [2.05, 4.69) is 0 Å². The molecular weight excluding hydrogens is 242 g/mol. The van der Waals surface area contributed by atoms with E-state index in [1.807, 2.05) is 13.8 Å². The standard InChI is InChI=1S/C11H21NO4S/c1-3-6-9(4-2)17(15,16)12-8-5-7-10(12)11(13)14/h9-10H,3-8H2,1-2H3,(H,13,14)/t9?,10-/m0/s1. The molecular formula is C11H21NO4S. The van der Waals surface area contributed by atoms with E-state index in [4.69, 9.17) is 5.11 Å². The highest BCUT2D eigenvalue weighted by Gasteiger charge is 2.41. The lowest BCUT2D eigenvalue weighted by Gasteiger charge is -2.26. The van der Waals surface area contributed by atoms with Gasteiger partial charge in [0.1, 0.15) is 6.04 Å². The maximum absolute atomic E-state index is 12.3. The van der Waals surface area contributed by atoms with E-state index in [0.717, 1.165) is 6.42 Å². The smallest absolute Gasteiger partial charge is 0.322 e. The van der Waals surface area contributed by atoms with Crippen LogP contribution in [-0.2, 0) is 14.8 Å². The van der Waals surface area contributed by atoms with Gasteiger partial charge < -0.3 is 5.11 Å². The summed E-state index contributed by atoms with van der Waals surface area (Å²) in [4.78, 5) is 11.0. The lowest BCUT2D eigenvalue weighted by molar-refractivity contribution is -0.140. The molecule has 0 amide bonds. The monoisotopic (exact) mass is 263 g/mol. The quantitative estimate of drug-likeness (QED) is 0.787. The summed E-state index contributed by atoms with van der Waals surface area (Å²) in [6, 6.07) is -0.856. The van der Waals surface area contributed by atoms with Gasteiger partial charge in [-0.15, -0.1) is 0 Å². The van der Waals surface area contributed by atoms with Gasteiger partial charge in [-0.2, -0.15) is 4.31 Å². The lowest BCUT2D eigenvalue weighted by atomic mass is 10.2. The maximum atomic E-state index is 12.3. The van der Waals surface area contributed by atoms with Crippen LogP contribution < -0.4 is 0 Å². The third-order valence-electron chi connectivity index (χ3n) is 3.30. The highest BCUT2D eigenvalue weighted by molar-refractivity contribution is 7.89. The molecule has 17 heavy (non-hydrogen) atoms. The van der Waals surface area contributed by atoms with Crippen molar-refractivity contribution < 1.29 is 18.3 Å². The molecule has 0 aromatic carbocycles. The van der Waals surface area contributed by atoms with Gasteiger partial charge in [-0.25, -0.2) is 8.42 Å². The normalized spacial score (nSPS) is 23.8. The Morgan fingerprint density at radius 1 is 1.47 bits per heavy atom. The van der Waals surface area contributed by atoms with Gasteiger partial charge in [0.15, 0.2) is 0 Å². The van der Waals surface area contributed by atoms with Crippen LogP contribution in [0.15, 0.2) is 0 Å². The molecule has 0 aromatic rings. The van der Waals surface area contributed by atoms with Crippen molar-refractivity contribution in [1.82, 2.24) is 4.31 Å². The highest BCUT2D eigenvalue weighted by Crippen LogP contribution is 2.26. The van der Waals surface area contributed by atoms with Gasteiger partial charge >= 0.3 is 5.97 Å². The molecule has 1 unspecified atom stereocenters.